The van der Waals surface area contributed by atoms with E-state index in [1.54, 1.807) is 5.25 Å². The zero-order chi connectivity index (χ0) is 5.91. The van der Waals surface area contributed by atoms with E-state index in [0.717, 1.165) is 0 Å². The van der Waals surface area contributed by atoms with Gasteiger partial charge in [0.1, 0.15) is 0 Å². The van der Waals surface area contributed by atoms with E-state index >= 15 is 0 Å². The van der Waals surface area contributed by atoms with E-state index in [9.17, 15) is 8.42 Å². The third-order valence-electron chi connectivity index (χ3n) is 0.231. The molecule has 0 aliphatic carbocycles. The van der Waals surface area contributed by atoms with Gasteiger partial charge in [-0.15, -0.1) is 0 Å². The van der Waals surface area contributed by atoms with Crippen LogP contribution in [0.15, 0.2) is 0 Å². The molecule has 0 saturated heterocycles. The third-order valence-corrected chi connectivity index (χ3v) is 0.693. The van der Waals surface area contributed by atoms with Gasteiger partial charge in [0.25, 0.3) is 0 Å². The zero-order valence-electron chi connectivity index (χ0n) is 3.67. The van der Waals surface area contributed by atoms with Gasteiger partial charge in [-0.2, -0.15) is 8.42 Å². The molecule has 3 nitrogen and oxygen atoms in total. The van der Waals surface area contributed by atoms with Gasteiger partial charge in [-0.05, 0) is 6.92 Å². The van der Waals surface area contributed by atoms with Crippen LogP contribution in [0.4, 0.5) is 0 Å². The molecule has 0 aliphatic heterocycles. The number of hydrogen-bond acceptors (Lipinski definition) is 2. The summed E-state index contributed by atoms with van der Waals surface area (Å²) in [5, 5.41) is 1.56. The van der Waals surface area contributed by atoms with E-state index < -0.39 is 10.1 Å². The summed E-state index contributed by atoms with van der Waals surface area (Å²) in [5.41, 5.74) is 0. The van der Waals surface area contributed by atoms with E-state index in [1.165, 1.54) is 6.92 Å². The molecule has 0 aromatic heterocycles. The Kier molecular flexibility index (Phi) is 1.81. The molecule has 0 amide bonds. The molecule has 1 N–H and O–H groups in total. The maximum absolute atomic E-state index is 9.61. The van der Waals surface area contributed by atoms with Crippen LogP contribution in [0.1, 0.15) is 6.92 Å². The summed E-state index contributed by atoms with van der Waals surface area (Å²) in [6.45, 7) is 1.33. The van der Waals surface area contributed by atoms with Crippen molar-refractivity contribution in [3.8, 4) is 11.2 Å². The van der Waals surface area contributed by atoms with E-state index in [-0.39, 0.29) is 0 Å². The average Bonchev–Trinajstić information content (AvgIpc) is 1.30. The highest BCUT2D eigenvalue weighted by atomic mass is 32.2. The quantitative estimate of drug-likeness (QED) is 0.357. The summed E-state index contributed by atoms with van der Waals surface area (Å²) < 4.78 is 27.0. The first-order chi connectivity index (χ1) is 3.06. The molecule has 7 heavy (non-hydrogen) atoms. The third kappa shape index (κ3) is 5.47. The number of hydrogen-bond donors (Lipinski definition) is 1. The van der Waals surface area contributed by atoms with Crippen molar-refractivity contribution in [1.29, 1.82) is 0 Å². The molecule has 40 valence electrons. The standard InChI is InChI=1S/C3H4O3S/c1-2-3-7(4,5)6/h1H3,(H,4,5,6). The second-order valence-electron chi connectivity index (χ2n) is 0.827. The predicted molar refractivity (Wildman–Crippen MR) is 25.0 cm³/mol. The Morgan fingerprint density at radius 3 is 2.00 bits per heavy atom. The largest absolute Gasteiger partial charge is 0.335 e. The van der Waals surface area contributed by atoms with Gasteiger partial charge in [-0.1, -0.05) is 5.92 Å². The minimum absolute atomic E-state index is 1.33. The normalized spacial score (nSPS) is 9.43. The van der Waals surface area contributed by atoms with Crippen LogP contribution in [0.3, 0.4) is 0 Å². The highest BCUT2D eigenvalue weighted by molar-refractivity contribution is 7.90. The Morgan fingerprint density at radius 1 is 1.57 bits per heavy atom. The van der Waals surface area contributed by atoms with Gasteiger partial charge in [0.05, 0.1) is 5.25 Å². The van der Waals surface area contributed by atoms with Gasteiger partial charge in [-0.25, -0.2) is 0 Å². The lowest BCUT2D eigenvalue weighted by Crippen LogP contribution is -1.88. The van der Waals surface area contributed by atoms with Crippen LogP contribution in [-0.2, 0) is 10.1 Å². The molecule has 0 bridgehead atoms. The van der Waals surface area contributed by atoms with Crippen molar-refractivity contribution in [1.82, 2.24) is 0 Å². The summed E-state index contributed by atoms with van der Waals surface area (Å²) in [5.74, 6) is 2.02. The van der Waals surface area contributed by atoms with Crippen LogP contribution in [0.2, 0.25) is 0 Å². The summed E-state index contributed by atoms with van der Waals surface area (Å²) in [4.78, 5) is 0. The van der Waals surface area contributed by atoms with Crippen molar-refractivity contribution in [2.75, 3.05) is 0 Å². The summed E-state index contributed by atoms with van der Waals surface area (Å²) in [6.07, 6.45) is 0. The van der Waals surface area contributed by atoms with Crippen LogP contribution >= 0.6 is 0 Å². The first-order valence-electron chi connectivity index (χ1n) is 1.47. The maximum Gasteiger partial charge on any atom is 0.335 e. The van der Waals surface area contributed by atoms with Gasteiger partial charge in [0.2, 0.25) is 0 Å². The van der Waals surface area contributed by atoms with Gasteiger partial charge >= 0.3 is 10.1 Å². The fraction of sp³-hybridized carbons (Fsp3) is 0.333. The van der Waals surface area contributed by atoms with Crippen molar-refractivity contribution in [3.63, 3.8) is 0 Å². The molecule has 0 aliphatic rings. The Bertz CT molecular complexity index is 190. The van der Waals surface area contributed by atoms with Crippen molar-refractivity contribution >= 4 is 10.1 Å². The van der Waals surface area contributed by atoms with Crippen LogP contribution in [0.5, 0.6) is 0 Å². The molecule has 0 radical (unpaired) electrons. The minimum atomic E-state index is -4.04. The molecule has 0 unspecified atom stereocenters. The van der Waals surface area contributed by atoms with Crippen LogP contribution in [0, 0.1) is 11.2 Å². The fourth-order valence-electron chi connectivity index (χ4n) is 0.129. The monoisotopic (exact) mass is 120 g/mol. The van der Waals surface area contributed by atoms with Gasteiger partial charge < -0.3 is 0 Å². The molecular formula is C3H4O3S. The van der Waals surface area contributed by atoms with Crippen molar-refractivity contribution in [2.24, 2.45) is 0 Å². The lowest BCUT2D eigenvalue weighted by Gasteiger charge is -1.71. The Morgan fingerprint density at radius 2 is 2.00 bits per heavy atom. The first kappa shape index (κ1) is 6.47. The highest BCUT2D eigenvalue weighted by Gasteiger charge is 1.90. The molecule has 4 heteroatoms. The smallest absolute Gasteiger partial charge is 0.276 e. The lowest BCUT2D eigenvalue weighted by molar-refractivity contribution is 0.496. The molecule has 0 aromatic carbocycles. The molecule has 0 aromatic rings. The second-order valence-corrected chi connectivity index (χ2v) is 1.98. The van der Waals surface area contributed by atoms with Gasteiger partial charge in [0.15, 0.2) is 0 Å². The summed E-state index contributed by atoms with van der Waals surface area (Å²) in [6, 6.07) is 0. The maximum atomic E-state index is 9.61. The van der Waals surface area contributed by atoms with Crippen molar-refractivity contribution < 1.29 is 13.0 Å². The fourth-order valence-corrected chi connectivity index (χ4v) is 0.387. The average molecular weight is 120 g/mol. The Hall–Kier alpha value is -0.530. The van der Waals surface area contributed by atoms with Crippen molar-refractivity contribution in [3.05, 3.63) is 0 Å². The molecule has 0 atom stereocenters. The van der Waals surface area contributed by atoms with E-state index in [1.807, 2.05) is 5.92 Å². The van der Waals surface area contributed by atoms with Crippen molar-refractivity contribution in [2.45, 2.75) is 6.92 Å². The van der Waals surface area contributed by atoms with Gasteiger partial charge in [0, 0.05) is 0 Å². The molecule has 0 fully saturated rings. The van der Waals surface area contributed by atoms with E-state index in [4.69, 9.17) is 4.55 Å². The second kappa shape index (κ2) is 1.96. The van der Waals surface area contributed by atoms with E-state index in [0.29, 0.717) is 0 Å². The van der Waals surface area contributed by atoms with Gasteiger partial charge in [-0.3, -0.25) is 4.55 Å². The summed E-state index contributed by atoms with van der Waals surface area (Å²) in [7, 11) is -4.04. The predicted octanol–water partition coefficient (Wildman–Crippen LogP) is -0.145. The van der Waals surface area contributed by atoms with Crippen LogP contribution in [-0.4, -0.2) is 13.0 Å². The molecular weight excluding hydrogens is 116 g/mol. The number of rotatable bonds is 0. The summed E-state index contributed by atoms with van der Waals surface area (Å²) >= 11 is 0. The first-order valence-corrected chi connectivity index (χ1v) is 2.91. The Labute approximate surface area is 42.1 Å². The Balaban J connectivity index is 4.34. The zero-order valence-corrected chi connectivity index (χ0v) is 4.49. The minimum Gasteiger partial charge on any atom is -0.276 e. The molecule has 0 saturated carbocycles. The van der Waals surface area contributed by atoms with Crippen LogP contribution in [0.25, 0.3) is 0 Å². The molecule has 0 heterocycles. The lowest BCUT2D eigenvalue weighted by atomic mass is 10.9. The topological polar surface area (TPSA) is 54.4 Å². The van der Waals surface area contributed by atoms with Crippen LogP contribution < -0.4 is 0 Å². The van der Waals surface area contributed by atoms with E-state index in [2.05, 4.69) is 0 Å². The highest BCUT2D eigenvalue weighted by Crippen LogP contribution is 1.71. The molecule has 0 rings (SSSR count). The molecule has 0 spiro atoms. The SMILES string of the molecule is CC#CS(=O)(=O)O.